The molecule has 128 valence electrons. The summed E-state index contributed by atoms with van der Waals surface area (Å²) in [5.74, 6) is 5.45. The molecule has 2 aromatic carbocycles. The van der Waals surface area contributed by atoms with Crippen LogP contribution in [0.3, 0.4) is 0 Å². The van der Waals surface area contributed by atoms with Crippen molar-refractivity contribution < 1.29 is 14.6 Å². The van der Waals surface area contributed by atoms with Crippen LogP contribution in [0, 0.1) is 0 Å². The lowest BCUT2D eigenvalue weighted by Gasteiger charge is -2.10. The Morgan fingerprint density at radius 3 is 2.72 bits per heavy atom. The summed E-state index contributed by atoms with van der Waals surface area (Å²) >= 11 is 12.2. The second-order valence-electron chi connectivity index (χ2n) is 5.34. The predicted octanol–water partition coefficient (Wildman–Crippen LogP) is 3.67. The van der Waals surface area contributed by atoms with Crippen molar-refractivity contribution in [2.45, 2.75) is 6.42 Å². The van der Waals surface area contributed by atoms with Crippen LogP contribution in [0.5, 0.6) is 5.75 Å². The highest BCUT2D eigenvalue weighted by Crippen LogP contribution is 2.28. The molecule has 0 aliphatic rings. The molecule has 3 rings (SSSR count). The molecule has 3 aromatic rings. The summed E-state index contributed by atoms with van der Waals surface area (Å²) in [4.78, 5) is 23.1. The molecule has 3 N–H and O–H groups in total. The number of aromatic nitrogens is 1. The Bertz CT molecular complexity index is 1050. The van der Waals surface area contributed by atoms with Gasteiger partial charge in [0.25, 0.3) is 0 Å². The van der Waals surface area contributed by atoms with E-state index in [-0.39, 0.29) is 11.1 Å². The predicted molar refractivity (Wildman–Crippen MR) is 96.3 cm³/mol. The second-order valence-corrected chi connectivity index (χ2v) is 6.12. The molecule has 0 fully saturated rings. The Morgan fingerprint density at radius 1 is 1.24 bits per heavy atom. The average molecular weight is 379 g/mol. The number of hydrogen-bond donors (Lipinski definition) is 2. The van der Waals surface area contributed by atoms with Crippen LogP contribution in [-0.4, -0.2) is 15.9 Å². The van der Waals surface area contributed by atoms with Crippen molar-refractivity contribution in [2.24, 2.45) is 0 Å². The van der Waals surface area contributed by atoms with Gasteiger partial charge in [-0.3, -0.25) is 9.47 Å². The van der Waals surface area contributed by atoms with Crippen LogP contribution in [0.4, 0.5) is 4.79 Å². The van der Waals surface area contributed by atoms with Crippen LogP contribution in [0.15, 0.2) is 47.4 Å². The van der Waals surface area contributed by atoms with Gasteiger partial charge in [-0.25, -0.2) is 4.79 Å². The monoisotopic (exact) mass is 378 g/mol. The maximum Gasteiger partial charge on any atom is 0.511 e. The quantitative estimate of drug-likeness (QED) is 0.535. The minimum Gasteiger partial charge on any atom is -0.449 e. The molecule has 0 radical (unpaired) electrons. The molecule has 0 bridgehead atoms. The van der Waals surface area contributed by atoms with Crippen molar-refractivity contribution >= 4 is 40.3 Å². The Morgan fingerprint density at radius 2 is 2.00 bits per heavy atom. The standard InChI is InChI=1S/C17H12Cl2N2O4/c18-12-3-1-2-10(15(12)19)6-9-4-5-13-11(7-9)16(22)14(8-21(13)20)25-17(23)24/h1-5,7-8H,6,20H2,(H,23,24). The third-order valence-electron chi connectivity index (χ3n) is 3.69. The number of rotatable bonds is 3. The molecule has 0 atom stereocenters. The molecule has 0 saturated carbocycles. The topological polar surface area (TPSA) is 94.6 Å². The van der Waals surface area contributed by atoms with Gasteiger partial charge in [-0.05, 0) is 35.7 Å². The van der Waals surface area contributed by atoms with E-state index < -0.39 is 11.6 Å². The molecule has 25 heavy (non-hydrogen) atoms. The van der Waals surface area contributed by atoms with Crippen molar-refractivity contribution in [3.05, 3.63) is 74.0 Å². The van der Waals surface area contributed by atoms with Crippen LogP contribution in [0.25, 0.3) is 10.9 Å². The molecule has 6 nitrogen and oxygen atoms in total. The molecule has 0 spiro atoms. The molecule has 0 aliphatic carbocycles. The highest BCUT2D eigenvalue weighted by Gasteiger charge is 2.13. The number of benzene rings is 2. The van der Waals surface area contributed by atoms with E-state index in [1.807, 2.05) is 6.07 Å². The Balaban J connectivity index is 2.09. The highest BCUT2D eigenvalue weighted by atomic mass is 35.5. The number of hydrogen-bond acceptors (Lipinski definition) is 4. The minimum absolute atomic E-state index is 0.247. The van der Waals surface area contributed by atoms with Crippen LogP contribution in [0.2, 0.25) is 10.0 Å². The first-order chi connectivity index (χ1) is 11.9. The number of pyridine rings is 1. The first-order valence-electron chi connectivity index (χ1n) is 7.14. The summed E-state index contributed by atoms with van der Waals surface area (Å²) in [6.07, 6.45) is -0.00587. The lowest BCUT2D eigenvalue weighted by atomic mass is 10.0. The molecule has 1 aromatic heterocycles. The zero-order valence-corrected chi connectivity index (χ0v) is 14.2. The molecule has 0 unspecified atom stereocenters. The van der Waals surface area contributed by atoms with Crippen LogP contribution in [-0.2, 0) is 6.42 Å². The number of carbonyl (C=O) groups is 1. The van der Waals surface area contributed by atoms with Gasteiger partial charge < -0.3 is 15.7 Å². The van der Waals surface area contributed by atoms with Crippen LogP contribution in [0.1, 0.15) is 11.1 Å². The first kappa shape index (κ1) is 17.1. The second kappa shape index (κ2) is 6.66. The summed E-state index contributed by atoms with van der Waals surface area (Å²) in [5.41, 5.74) is 1.49. The van der Waals surface area contributed by atoms with E-state index in [4.69, 9.17) is 34.2 Å². The van der Waals surface area contributed by atoms with Crippen molar-refractivity contribution in [1.29, 1.82) is 0 Å². The average Bonchev–Trinajstić information content (AvgIpc) is 2.56. The fraction of sp³-hybridized carbons (Fsp3) is 0.0588. The Hall–Kier alpha value is -2.70. The number of nitrogen functional groups attached to an aromatic ring is 1. The van der Waals surface area contributed by atoms with E-state index in [9.17, 15) is 9.59 Å². The zero-order valence-electron chi connectivity index (χ0n) is 12.7. The van der Waals surface area contributed by atoms with Gasteiger partial charge in [0, 0.05) is 0 Å². The SMILES string of the molecule is Nn1cc(OC(=O)O)c(=O)c2cc(Cc3cccc(Cl)c3Cl)ccc21. The van der Waals surface area contributed by atoms with E-state index in [2.05, 4.69) is 4.74 Å². The summed E-state index contributed by atoms with van der Waals surface area (Å²) in [6, 6.07) is 10.4. The molecule has 0 aliphatic heterocycles. The van der Waals surface area contributed by atoms with Gasteiger partial charge in [0.05, 0.1) is 27.1 Å². The highest BCUT2D eigenvalue weighted by molar-refractivity contribution is 6.42. The fourth-order valence-electron chi connectivity index (χ4n) is 2.56. The zero-order chi connectivity index (χ0) is 18.1. The number of ether oxygens (including phenoxy) is 1. The molecule has 1 heterocycles. The van der Waals surface area contributed by atoms with Gasteiger partial charge in [0.1, 0.15) is 0 Å². The number of nitrogens with zero attached hydrogens (tertiary/aromatic N) is 1. The maximum atomic E-state index is 12.4. The third kappa shape index (κ3) is 3.40. The molecular weight excluding hydrogens is 367 g/mol. The van der Waals surface area contributed by atoms with Gasteiger partial charge in [-0.15, -0.1) is 0 Å². The van der Waals surface area contributed by atoms with Gasteiger partial charge in [0.2, 0.25) is 11.2 Å². The summed E-state index contributed by atoms with van der Waals surface area (Å²) < 4.78 is 5.64. The number of carboxylic acid groups (broad SMARTS) is 1. The van der Waals surface area contributed by atoms with Gasteiger partial charge >= 0.3 is 6.16 Å². The summed E-state index contributed by atoms with van der Waals surface area (Å²) in [5, 5.41) is 9.86. The Kier molecular flexibility index (Phi) is 4.57. The summed E-state index contributed by atoms with van der Waals surface area (Å²) in [7, 11) is 0. The molecule has 0 saturated heterocycles. The molecule has 0 amide bonds. The van der Waals surface area contributed by atoms with Crippen LogP contribution < -0.4 is 16.0 Å². The van der Waals surface area contributed by atoms with Crippen molar-refractivity contribution in [3.8, 4) is 5.75 Å². The normalized spacial score (nSPS) is 10.8. The van der Waals surface area contributed by atoms with Crippen molar-refractivity contribution in [1.82, 2.24) is 4.68 Å². The first-order valence-corrected chi connectivity index (χ1v) is 7.89. The summed E-state index contributed by atoms with van der Waals surface area (Å²) in [6.45, 7) is 0. The minimum atomic E-state index is -1.58. The lowest BCUT2D eigenvalue weighted by molar-refractivity contribution is 0.144. The maximum absolute atomic E-state index is 12.4. The van der Waals surface area contributed by atoms with E-state index in [1.165, 1.54) is 0 Å². The lowest BCUT2D eigenvalue weighted by Crippen LogP contribution is -2.19. The van der Waals surface area contributed by atoms with Gasteiger partial charge in [-0.1, -0.05) is 41.4 Å². The van der Waals surface area contributed by atoms with Crippen LogP contribution >= 0.6 is 23.2 Å². The van der Waals surface area contributed by atoms with E-state index >= 15 is 0 Å². The largest absolute Gasteiger partial charge is 0.511 e. The third-order valence-corrected chi connectivity index (χ3v) is 4.55. The van der Waals surface area contributed by atoms with E-state index in [1.54, 1.807) is 30.3 Å². The number of nitrogens with two attached hydrogens (primary N) is 1. The van der Waals surface area contributed by atoms with Crippen molar-refractivity contribution in [2.75, 3.05) is 5.84 Å². The number of fused-ring (bicyclic) bond motifs is 1. The van der Waals surface area contributed by atoms with Gasteiger partial charge in [-0.2, -0.15) is 0 Å². The fourth-order valence-corrected chi connectivity index (χ4v) is 2.95. The van der Waals surface area contributed by atoms with Crippen molar-refractivity contribution in [3.63, 3.8) is 0 Å². The Labute approximate surface area is 151 Å². The van der Waals surface area contributed by atoms with E-state index in [0.29, 0.717) is 22.0 Å². The smallest absolute Gasteiger partial charge is 0.449 e. The molecule has 8 heteroatoms. The van der Waals surface area contributed by atoms with E-state index in [0.717, 1.165) is 22.0 Å². The number of halogens is 2. The van der Waals surface area contributed by atoms with Gasteiger partial charge in [0.15, 0.2) is 0 Å². The molecular formula is C17H12Cl2N2O4.